The zero-order valence-corrected chi connectivity index (χ0v) is 19.7. The zero-order valence-electron chi connectivity index (χ0n) is 17.3. The van der Waals surface area contributed by atoms with Gasteiger partial charge in [0.05, 0.1) is 21.3 Å². The summed E-state index contributed by atoms with van der Waals surface area (Å²) in [5.41, 5.74) is 5.78. The first-order valence-electron chi connectivity index (χ1n) is 9.99. The van der Waals surface area contributed by atoms with Crippen LogP contribution in [0, 0.1) is 6.92 Å². The first-order valence-corrected chi connectivity index (χ1v) is 11.2. The van der Waals surface area contributed by atoms with Gasteiger partial charge in [0, 0.05) is 0 Å². The minimum Gasteiger partial charge on any atom is -0.488 e. The molecule has 0 atom stereocenters. The lowest BCUT2D eigenvalue weighted by Crippen LogP contribution is -2.18. The molecule has 4 aromatic rings. The molecule has 0 heterocycles. The van der Waals surface area contributed by atoms with Crippen LogP contribution in [0.5, 0.6) is 5.75 Å². The summed E-state index contributed by atoms with van der Waals surface area (Å²) in [5.74, 6) is 0.367. The molecule has 0 aliphatic carbocycles. The van der Waals surface area contributed by atoms with E-state index in [9.17, 15) is 4.79 Å². The van der Waals surface area contributed by atoms with Crippen molar-refractivity contribution >= 4 is 50.4 Å². The van der Waals surface area contributed by atoms with E-state index in [0.29, 0.717) is 17.2 Å². The Hall–Kier alpha value is -3.15. The molecule has 4 rings (SSSR count). The Morgan fingerprint density at radius 1 is 1.03 bits per heavy atom. The number of ether oxygens (including phenoxy) is 1. The second kappa shape index (κ2) is 9.98. The van der Waals surface area contributed by atoms with E-state index in [1.54, 1.807) is 18.3 Å². The van der Waals surface area contributed by atoms with Crippen LogP contribution >= 0.6 is 27.5 Å². The van der Waals surface area contributed by atoms with Crippen molar-refractivity contribution in [1.82, 2.24) is 5.43 Å². The number of hydrazone groups is 1. The van der Waals surface area contributed by atoms with Crippen LogP contribution in [0.4, 0.5) is 0 Å². The molecule has 0 aliphatic rings. The molecule has 0 spiro atoms. The van der Waals surface area contributed by atoms with E-state index in [2.05, 4.69) is 56.8 Å². The van der Waals surface area contributed by atoms with E-state index in [1.165, 1.54) is 10.8 Å². The number of halogens is 2. The van der Waals surface area contributed by atoms with Crippen molar-refractivity contribution < 1.29 is 9.53 Å². The average Bonchev–Trinajstić information content (AvgIpc) is 2.78. The minimum atomic E-state index is -0.361. The van der Waals surface area contributed by atoms with Gasteiger partial charge in [-0.1, -0.05) is 54.1 Å². The van der Waals surface area contributed by atoms with Gasteiger partial charge in [-0.2, -0.15) is 5.10 Å². The van der Waals surface area contributed by atoms with Crippen molar-refractivity contribution in [2.45, 2.75) is 13.5 Å². The van der Waals surface area contributed by atoms with Crippen LogP contribution in [-0.2, 0) is 6.61 Å². The van der Waals surface area contributed by atoms with Gasteiger partial charge >= 0.3 is 0 Å². The molecule has 160 valence electrons. The third kappa shape index (κ3) is 5.36. The average molecular weight is 508 g/mol. The monoisotopic (exact) mass is 506 g/mol. The SMILES string of the molecule is Cc1ccc(C(=O)N/N=C\c2ccc(OCc3ccc4ccccc4c3)c(Br)c2)c(Cl)c1. The molecule has 0 saturated carbocycles. The van der Waals surface area contributed by atoms with Crippen molar-refractivity contribution in [2.24, 2.45) is 5.10 Å². The maximum atomic E-state index is 12.3. The Balaban J connectivity index is 1.37. The fourth-order valence-corrected chi connectivity index (χ4v) is 4.07. The van der Waals surface area contributed by atoms with Crippen LogP contribution in [-0.4, -0.2) is 12.1 Å². The molecule has 0 saturated heterocycles. The minimum absolute atomic E-state index is 0.361. The smallest absolute Gasteiger partial charge is 0.272 e. The third-order valence-corrected chi connectivity index (χ3v) is 5.85. The number of nitrogens with one attached hydrogen (secondary N) is 1. The summed E-state index contributed by atoms with van der Waals surface area (Å²) in [4.78, 5) is 12.3. The lowest BCUT2D eigenvalue weighted by atomic mass is 10.1. The van der Waals surface area contributed by atoms with E-state index in [-0.39, 0.29) is 5.91 Å². The second-order valence-electron chi connectivity index (χ2n) is 7.34. The van der Waals surface area contributed by atoms with Crippen LogP contribution in [0.25, 0.3) is 10.8 Å². The molecular formula is C26H20BrClN2O2. The number of carbonyl (C=O) groups is 1. The first kappa shape index (κ1) is 22.1. The Morgan fingerprint density at radius 3 is 2.62 bits per heavy atom. The summed E-state index contributed by atoms with van der Waals surface area (Å²) < 4.78 is 6.78. The summed E-state index contributed by atoms with van der Waals surface area (Å²) in [6, 6.07) is 25.4. The van der Waals surface area contributed by atoms with Gasteiger partial charge in [0.2, 0.25) is 0 Å². The van der Waals surface area contributed by atoms with E-state index >= 15 is 0 Å². The fourth-order valence-electron chi connectivity index (χ4n) is 3.23. The van der Waals surface area contributed by atoms with Crippen LogP contribution in [0.2, 0.25) is 5.02 Å². The van der Waals surface area contributed by atoms with Crippen LogP contribution in [0.15, 0.2) is 88.4 Å². The van der Waals surface area contributed by atoms with E-state index in [4.69, 9.17) is 16.3 Å². The molecule has 0 bridgehead atoms. The number of rotatable bonds is 6. The number of nitrogens with zero attached hydrogens (tertiary/aromatic N) is 1. The molecular weight excluding hydrogens is 488 g/mol. The van der Waals surface area contributed by atoms with E-state index in [1.807, 2.05) is 43.3 Å². The van der Waals surface area contributed by atoms with Gasteiger partial charge in [0.25, 0.3) is 5.91 Å². The molecule has 0 aromatic heterocycles. The highest BCUT2D eigenvalue weighted by molar-refractivity contribution is 9.10. The molecule has 1 amide bonds. The third-order valence-electron chi connectivity index (χ3n) is 4.91. The quantitative estimate of drug-likeness (QED) is 0.228. The number of carbonyl (C=O) groups excluding carboxylic acids is 1. The Kier molecular flexibility index (Phi) is 6.88. The van der Waals surface area contributed by atoms with Crippen LogP contribution in [0.1, 0.15) is 27.0 Å². The summed E-state index contributed by atoms with van der Waals surface area (Å²) in [7, 11) is 0. The van der Waals surface area contributed by atoms with Gasteiger partial charge < -0.3 is 4.74 Å². The molecule has 1 N–H and O–H groups in total. The van der Waals surface area contributed by atoms with Crippen molar-refractivity contribution in [1.29, 1.82) is 0 Å². The molecule has 32 heavy (non-hydrogen) atoms. The van der Waals surface area contributed by atoms with Gasteiger partial charge in [0.15, 0.2) is 0 Å². The summed E-state index contributed by atoms with van der Waals surface area (Å²) >= 11 is 9.67. The zero-order chi connectivity index (χ0) is 22.5. The lowest BCUT2D eigenvalue weighted by Gasteiger charge is -2.10. The van der Waals surface area contributed by atoms with E-state index in [0.717, 1.165) is 26.9 Å². The molecule has 4 nitrogen and oxygen atoms in total. The molecule has 0 aliphatic heterocycles. The number of hydrogen-bond acceptors (Lipinski definition) is 3. The Morgan fingerprint density at radius 2 is 1.84 bits per heavy atom. The fraction of sp³-hybridized carbons (Fsp3) is 0.0769. The van der Waals surface area contributed by atoms with Gasteiger partial charge in [0.1, 0.15) is 12.4 Å². The summed E-state index contributed by atoms with van der Waals surface area (Å²) in [6.45, 7) is 2.38. The van der Waals surface area contributed by atoms with Crippen molar-refractivity contribution in [3.8, 4) is 5.75 Å². The maximum absolute atomic E-state index is 12.3. The lowest BCUT2D eigenvalue weighted by molar-refractivity contribution is 0.0955. The van der Waals surface area contributed by atoms with Gasteiger partial charge in [-0.25, -0.2) is 5.43 Å². The Bertz CT molecular complexity index is 1320. The number of aryl methyl sites for hydroxylation is 1. The Labute approximate surface area is 200 Å². The molecule has 6 heteroatoms. The largest absolute Gasteiger partial charge is 0.488 e. The van der Waals surface area contributed by atoms with Crippen LogP contribution < -0.4 is 10.2 Å². The highest BCUT2D eigenvalue weighted by Crippen LogP contribution is 2.27. The standard InChI is InChI=1S/C26H20BrClN2O2/c1-17-6-10-22(24(28)12-17)26(31)30-29-15-18-8-11-25(23(27)14-18)32-16-19-7-9-20-4-2-3-5-21(20)13-19/h2-15H,16H2,1H3,(H,30,31)/b29-15-. The van der Waals surface area contributed by atoms with Crippen LogP contribution in [0.3, 0.4) is 0 Å². The normalized spacial score (nSPS) is 11.1. The predicted octanol–water partition coefficient (Wildman–Crippen LogP) is 6.91. The van der Waals surface area contributed by atoms with Crippen molar-refractivity contribution in [3.63, 3.8) is 0 Å². The van der Waals surface area contributed by atoms with Gasteiger partial charge in [-0.3, -0.25) is 4.79 Å². The summed E-state index contributed by atoms with van der Waals surface area (Å²) in [5, 5.41) is 6.82. The topological polar surface area (TPSA) is 50.7 Å². The number of benzene rings is 4. The van der Waals surface area contributed by atoms with Gasteiger partial charge in [-0.05, 0) is 86.7 Å². The van der Waals surface area contributed by atoms with Gasteiger partial charge in [-0.15, -0.1) is 0 Å². The number of amides is 1. The highest BCUT2D eigenvalue weighted by Gasteiger charge is 2.09. The van der Waals surface area contributed by atoms with Crippen molar-refractivity contribution in [3.05, 3.63) is 111 Å². The first-order chi connectivity index (χ1) is 15.5. The number of hydrogen-bond donors (Lipinski definition) is 1. The predicted molar refractivity (Wildman–Crippen MR) is 134 cm³/mol. The van der Waals surface area contributed by atoms with Crippen molar-refractivity contribution in [2.75, 3.05) is 0 Å². The molecule has 0 unspecified atom stereocenters. The number of fused-ring (bicyclic) bond motifs is 1. The second-order valence-corrected chi connectivity index (χ2v) is 8.60. The molecule has 0 radical (unpaired) electrons. The highest BCUT2D eigenvalue weighted by atomic mass is 79.9. The van der Waals surface area contributed by atoms with E-state index < -0.39 is 0 Å². The summed E-state index contributed by atoms with van der Waals surface area (Å²) in [6.07, 6.45) is 1.57. The maximum Gasteiger partial charge on any atom is 0.272 e. The molecule has 4 aromatic carbocycles. The molecule has 0 fully saturated rings.